The number of carbonyl (C=O) groups is 1. The molecule has 9 heteroatoms. The van der Waals surface area contributed by atoms with Crippen LogP contribution in [-0.4, -0.2) is 53.6 Å². The molecule has 1 amide bonds. The molecule has 1 aromatic rings. The van der Waals surface area contributed by atoms with Crippen LogP contribution in [0.2, 0.25) is 0 Å². The van der Waals surface area contributed by atoms with Gasteiger partial charge >= 0.3 is 0 Å². The number of hydrogen-bond donors (Lipinski definition) is 0. The standard InChI is InChI=1S/C14H18N4O4S/c1-9-10(2)16-18(14(20)12(9)6-15)7-13(19)17(3)11-4-5-23(21,22)8-11/h11H,4-5,7-8H2,1-3H3/t11-/m0/s1. The maximum atomic E-state index is 12.3. The zero-order valence-corrected chi connectivity index (χ0v) is 14.1. The molecule has 1 aliphatic rings. The Morgan fingerprint density at radius 2 is 2.13 bits per heavy atom. The van der Waals surface area contributed by atoms with Gasteiger partial charge in [-0.3, -0.25) is 9.59 Å². The van der Waals surface area contributed by atoms with E-state index in [2.05, 4.69) is 5.10 Å². The molecule has 0 aliphatic carbocycles. The molecule has 2 rings (SSSR count). The van der Waals surface area contributed by atoms with Crippen LogP contribution in [0.25, 0.3) is 0 Å². The molecule has 0 bridgehead atoms. The van der Waals surface area contributed by atoms with E-state index in [1.807, 2.05) is 6.07 Å². The first-order valence-electron chi connectivity index (χ1n) is 7.11. The Morgan fingerprint density at radius 1 is 1.48 bits per heavy atom. The Bertz CT molecular complexity index is 851. The Hall–Kier alpha value is -2.21. The molecule has 0 saturated carbocycles. The summed E-state index contributed by atoms with van der Waals surface area (Å²) < 4.78 is 24.0. The van der Waals surface area contributed by atoms with Crippen molar-refractivity contribution in [3.05, 3.63) is 27.2 Å². The minimum Gasteiger partial charge on any atom is -0.340 e. The van der Waals surface area contributed by atoms with E-state index in [0.29, 0.717) is 17.7 Å². The highest BCUT2D eigenvalue weighted by atomic mass is 32.2. The second-order valence-electron chi connectivity index (χ2n) is 5.72. The zero-order valence-electron chi connectivity index (χ0n) is 13.2. The molecule has 23 heavy (non-hydrogen) atoms. The fourth-order valence-electron chi connectivity index (χ4n) is 2.53. The predicted octanol–water partition coefficient (Wildman–Crippen LogP) is -0.623. The second-order valence-corrected chi connectivity index (χ2v) is 7.95. The van der Waals surface area contributed by atoms with E-state index in [1.54, 1.807) is 13.8 Å². The van der Waals surface area contributed by atoms with E-state index < -0.39 is 21.3 Å². The molecule has 2 heterocycles. The molecule has 0 spiro atoms. The minimum atomic E-state index is -3.10. The zero-order chi connectivity index (χ0) is 17.4. The maximum absolute atomic E-state index is 12.3. The van der Waals surface area contributed by atoms with Crippen molar-refractivity contribution in [2.45, 2.75) is 32.9 Å². The third-order valence-corrected chi connectivity index (χ3v) is 5.93. The van der Waals surface area contributed by atoms with Crippen LogP contribution < -0.4 is 5.56 Å². The summed E-state index contributed by atoms with van der Waals surface area (Å²) in [5.74, 6) is -0.405. The van der Waals surface area contributed by atoms with E-state index in [0.717, 1.165) is 4.68 Å². The summed E-state index contributed by atoms with van der Waals surface area (Å²) in [6, 6.07) is 1.45. The Kier molecular flexibility index (Phi) is 4.56. The monoisotopic (exact) mass is 338 g/mol. The van der Waals surface area contributed by atoms with Gasteiger partial charge in [-0.15, -0.1) is 0 Å². The molecule has 1 saturated heterocycles. The average Bonchev–Trinajstić information content (AvgIpc) is 2.84. The Morgan fingerprint density at radius 3 is 2.65 bits per heavy atom. The van der Waals surface area contributed by atoms with Crippen LogP contribution in [0.3, 0.4) is 0 Å². The topological polar surface area (TPSA) is 113 Å². The van der Waals surface area contributed by atoms with Crippen LogP contribution in [-0.2, 0) is 21.2 Å². The summed E-state index contributed by atoms with van der Waals surface area (Å²) in [5, 5.41) is 13.1. The lowest BCUT2D eigenvalue weighted by molar-refractivity contribution is -0.132. The molecular weight excluding hydrogens is 320 g/mol. The summed E-state index contributed by atoms with van der Waals surface area (Å²) in [6.07, 6.45) is 0.392. The first-order valence-corrected chi connectivity index (χ1v) is 8.93. The van der Waals surface area contributed by atoms with Gasteiger partial charge in [0.2, 0.25) is 5.91 Å². The van der Waals surface area contributed by atoms with E-state index in [1.165, 1.54) is 11.9 Å². The van der Waals surface area contributed by atoms with Crippen LogP contribution in [0.4, 0.5) is 0 Å². The van der Waals surface area contributed by atoms with E-state index in [9.17, 15) is 18.0 Å². The number of rotatable bonds is 3. The number of likely N-dealkylation sites (N-methyl/N-ethyl adjacent to an activating group) is 1. The molecule has 1 aromatic heterocycles. The normalized spacial score (nSPS) is 19.3. The molecule has 1 atom stereocenters. The smallest absolute Gasteiger partial charge is 0.285 e. The highest BCUT2D eigenvalue weighted by molar-refractivity contribution is 7.91. The highest BCUT2D eigenvalue weighted by Gasteiger charge is 2.32. The summed E-state index contributed by atoms with van der Waals surface area (Å²) in [5.41, 5.74) is 0.351. The van der Waals surface area contributed by atoms with Crippen molar-refractivity contribution in [1.82, 2.24) is 14.7 Å². The van der Waals surface area contributed by atoms with Crippen LogP contribution in [0.15, 0.2) is 4.79 Å². The SMILES string of the molecule is Cc1nn(CC(=O)N(C)[C@H]2CCS(=O)(=O)C2)c(=O)c(C#N)c1C. The minimum absolute atomic E-state index is 0.0311. The van der Waals surface area contributed by atoms with Crippen molar-refractivity contribution >= 4 is 15.7 Å². The molecule has 0 radical (unpaired) electrons. The number of sulfone groups is 1. The van der Waals surface area contributed by atoms with Crippen molar-refractivity contribution in [3.8, 4) is 6.07 Å². The van der Waals surface area contributed by atoms with E-state index in [-0.39, 0.29) is 29.7 Å². The van der Waals surface area contributed by atoms with Crippen LogP contribution in [0.1, 0.15) is 23.2 Å². The van der Waals surface area contributed by atoms with Gasteiger partial charge in [-0.1, -0.05) is 0 Å². The fourth-order valence-corrected chi connectivity index (χ4v) is 4.31. The number of carbonyl (C=O) groups excluding carboxylic acids is 1. The second kappa shape index (κ2) is 6.12. The van der Waals surface area contributed by atoms with Gasteiger partial charge in [-0.05, 0) is 25.8 Å². The van der Waals surface area contributed by atoms with Gasteiger partial charge < -0.3 is 4.90 Å². The number of aromatic nitrogens is 2. The van der Waals surface area contributed by atoms with Gasteiger partial charge in [0.15, 0.2) is 9.84 Å². The third kappa shape index (κ3) is 3.42. The maximum Gasteiger partial charge on any atom is 0.285 e. The van der Waals surface area contributed by atoms with Crippen molar-refractivity contribution < 1.29 is 13.2 Å². The summed E-state index contributed by atoms with van der Waals surface area (Å²) in [4.78, 5) is 25.8. The van der Waals surface area contributed by atoms with Crippen molar-refractivity contribution in [1.29, 1.82) is 5.26 Å². The van der Waals surface area contributed by atoms with Gasteiger partial charge in [0, 0.05) is 13.1 Å². The quantitative estimate of drug-likeness (QED) is 0.725. The van der Waals surface area contributed by atoms with Gasteiger partial charge in [0.25, 0.3) is 5.56 Å². The lowest BCUT2D eigenvalue weighted by Crippen LogP contribution is -2.42. The Labute approximate surface area is 134 Å². The number of nitriles is 1. The lowest BCUT2D eigenvalue weighted by Gasteiger charge is -2.23. The average molecular weight is 338 g/mol. The molecular formula is C14H18N4O4S. The molecule has 0 unspecified atom stereocenters. The van der Waals surface area contributed by atoms with Crippen molar-refractivity contribution in [2.24, 2.45) is 0 Å². The lowest BCUT2D eigenvalue weighted by atomic mass is 10.1. The van der Waals surface area contributed by atoms with Crippen molar-refractivity contribution in [3.63, 3.8) is 0 Å². The first kappa shape index (κ1) is 17.1. The van der Waals surface area contributed by atoms with Crippen molar-refractivity contribution in [2.75, 3.05) is 18.6 Å². The molecule has 124 valence electrons. The molecule has 1 fully saturated rings. The molecule has 8 nitrogen and oxygen atoms in total. The number of hydrogen-bond acceptors (Lipinski definition) is 6. The van der Waals surface area contributed by atoms with Gasteiger partial charge in [0.1, 0.15) is 18.2 Å². The van der Waals surface area contributed by atoms with Gasteiger partial charge in [-0.25, -0.2) is 13.1 Å². The Balaban J connectivity index is 2.23. The van der Waals surface area contributed by atoms with Crippen LogP contribution in [0, 0.1) is 25.2 Å². The number of nitrogens with zero attached hydrogens (tertiary/aromatic N) is 4. The van der Waals surface area contributed by atoms with Gasteiger partial charge in [-0.2, -0.15) is 10.4 Å². The third-order valence-electron chi connectivity index (χ3n) is 4.18. The van der Waals surface area contributed by atoms with E-state index >= 15 is 0 Å². The predicted molar refractivity (Wildman–Crippen MR) is 82.5 cm³/mol. The molecule has 0 aromatic carbocycles. The summed E-state index contributed by atoms with van der Waals surface area (Å²) >= 11 is 0. The van der Waals surface area contributed by atoms with E-state index in [4.69, 9.17) is 5.26 Å². The highest BCUT2D eigenvalue weighted by Crippen LogP contribution is 2.16. The van der Waals surface area contributed by atoms with Crippen LogP contribution >= 0.6 is 0 Å². The molecule has 0 N–H and O–H groups in total. The van der Waals surface area contributed by atoms with Crippen LogP contribution in [0.5, 0.6) is 0 Å². The largest absolute Gasteiger partial charge is 0.340 e. The molecule has 1 aliphatic heterocycles. The number of amides is 1. The fraction of sp³-hybridized carbons (Fsp3) is 0.571. The number of aryl methyl sites for hydroxylation is 1. The van der Waals surface area contributed by atoms with Gasteiger partial charge in [0.05, 0.1) is 17.2 Å². The summed E-state index contributed by atoms with van der Waals surface area (Å²) in [6.45, 7) is 2.97. The first-order chi connectivity index (χ1) is 10.7. The summed E-state index contributed by atoms with van der Waals surface area (Å²) in [7, 11) is -1.58.